The zero-order valence-electron chi connectivity index (χ0n) is 25.9. The number of allylic oxidation sites excluding steroid dienone is 4. The number of hydrogen-bond donors (Lipinski definition) is 0. The highest BCUT2D eigenvalue weighted by molar-refractivity contribution is 9.11. The lowest BCUT2D eigenvalue weighted by Gasteiger charge is -2.34. The molecule has 0 bridgehead atoms. The van der Waals surface area contributed by atoms with Gasteiger partial charge in [-0.2, -0.15) is 0 Å². The van der Waals surface area contributed by atoms with Crippen LogP contribution in [0, 0.1) is 24.7 Å². The average Bonchev–Trinajstić information content (AvgIpc) is 3.21. The van der Waals surface area contributed by atoms with Crippen LogP contribution in [0.4, 0.5) is 0 Å². The Bertz CT molecular complexity index is 1010. The number of ketones is 2. The Hall–Kier alpha value is -1.04. The van der Waals surface area contributed by atoms with Crippen LogP contribution in [0.2, 0.25) is 0 Å². The maximum Gasteiger partial charge on any atom is 0.165 e. The average molecular weight is 622 g/mol. The molecule has 1 aromatic heterocycles. The Balaban J connectivity index is 2.28. The molecule has 3 nitrogen and oxygen atoms in total. The SMILES string of the molecule is CCCCC(=O)/C(CC(CC)CC(=O)c1c(Br)sc(C(C)C(CCC)C2CCOCC2)c1C)=C(/C)C=C(C)C. The van der Waals surface area contributed by atoms with Crippen molar-refractivity contribution in [3.05, 3.63) is 42.6 Å². The molecular formula is C34H53BrO3S. The van der Waals surface area contributed by atoms with Gasteiger partial charge in [0.05, 0.1) is 3.79 Å². The van der Waals surface area contributed by atoms with Crippen LogP contribution in [0.5, 0.6) is 0 Å². The van der Waals surface area contributed by atoms with Gasteiger partial charge in [0.25, 0.3) is 0 Å². The van der Waals surface area contributed by atoms with Crippen molar-refractivity contribution in [3.63, 3.8) is 0 Å². The molecule has 2 rings (SSSR count). The van der Waals surface area contributed by atoms with Gasteiger partial charge in [-0.3, -0.25) is 9.59 Å². The van der Waals surface area contributed by atoms with Gasteiger partial charge in [-0.05, 0) is 116 Å². The van der Waals surface area contributed by atoms with Crippen LogP contribution in [0.3, 0.4) is 0 Å². The van der Waals surface area contributed by atoms with Gasteiger partial charge in [0.2, 0.25) is 0 Å². The van der Waals surface area contributed by atoms with E-state index < -0.39 is 0 Å². The summed E-state index contributed by atoms with van der Waals surface area (Å²) >= 11 is 5.56. The Labute approximate surface area is 251 Å². The molecule has 2 heterocycles. The third-order valence-corrected chi connectivity index (χ3v) is 10.8. The van der Waals surface area contributed by atoms with Gasteiger partial charge in [0.1, 0.15) is 0 Å². The Morgan fingerprint density at radius 1 is 1.08 bits per heavy atom. The van der Waals surface area contributed by atoms with Crippen LogP contribution in [0.25, 0.3) is 0 Å². The number of carbonyl (C=O) groups excluding carboxylic acids is 2. The Morgan fingerprint density at radius 3 is 2.31 bits per heavy atom. The first kappa shape index (κ1) is 34.2. The highest BCUT2D eigenvalue weighted by Gasteiger charge is 2.32. The number of thiophene rings is 1. The lowest BCUT2D eigenvalue weighted by molar-refractivity contribution is -0.116. The van der Waals surface area contributed by atoms with E-state index in [1.165, 1.54) is 23.3 Å². The molecule has 1 aliphatic rings. The molecule has 0 spiro atoms. The lowest BCUT2D eigenvalue weighted by Crippen LogP contribution is -2.27. The largest absolute Gasteiger partial charge is 0.381 e. The lowest BCUT2D eigenvalue weighted by atomic mass is 9.74. The second kappa shape index (κ2) is 17.0. The number of carbonyl (C=O) groups is 2. The fourth-order valence-electron chi connectivity index (χ4n) is 6.33. The highest BCUT2D eigenvalue weighted by atomic mass is 79.9. The first-order chi connectivity index (χ1) is 18.5. The first-order valence-corrected chi connectivity index (χ1v) is 16.9. The summed E-state index contributed by atoms with van der Waals surface area (Å²) < 4.78 is 6.63. The second-order valence-electron chi connectivity index (χ2n) is 11.9. The van der Waals surface area contributed by atoms with Crippen molar-refractivity contribution >= 4 is 38.8 Å². The first-order valence-electron chi connectivity index (χ1n) is 15.3. The highest BCUT2D eigenvalue weighted by Crippen LogP contribution is 2.45. The van der Waals surface area contributed by atoms with E-state index in [1.54, 1.807) is 11.3 Å². The second-order valence-corrected chi connectivity index (χ2v) is 14.3. The monoisotopic (exact) mass is 620 g/mol. The fraction of sp³-hybridized carbons (Fsp3) is 0.706. The molecule has 3 unspecified atom stereocenters. The number of ether oxygens (including phenoxy) is 1. The van der Waals surface area contributed by atoms with E-state index in [1.807, 2.05) is 0 Å². The molecule has 0 aromatic carbocycles. The van der Waals surface area contributed by atoms with Gasteiger partial charge >= 0.3 is 0 Å². The number of halogens is 1. The smallest absolute Gasteiger partial charge is 0.165 e. The predicted octanol–water partition coefficient (Wildman–Crippen LogP) is 10.8. The minimum absolute atomic E-state index is 0.153. The van der Waals surface area contributed by atoms with E-state index in [2.05, 4.69) is 77.4 Å². The Kier molecular flexibility index (Phi) is 14.9. The third kappa shape index (κ3) is 9.78. The normalized spacial score (nSPS) is 17.4. The van der Waals surface area contributed by atoms with Gasteiger partial charge in [-0.1, -0.05) is 58.6 Å². The van der Waals surface area contributed by atoms with Crippen LogP contribution in [-0.2, 0) is 9.53 Å². The quantitative estimate of drug-likeness (QED) is 0.105. The number of rotatable bonds is 16. The molecule has 0 amide bonds. The molecule has 220 valence electrons. The van der Waals surface area contributed by atoms with Crippen LogP contribution in [-0.4, -0.2) is 24.8 Å². The molecule has 0 N–H and O–H groups in total. The standard InChI is InChI=1S/C34H53BrO3S/c1-9-12-14-30(36)29(23(6)19-22(4)5)20-26(11-3)21-31(37)32-25(8)33(39-34(32)35)24(7)28(13-10-2)27-15-17-38-18-16-27/h19,24,26-28H,9-18,20-21H2,1-8H3/b29-23-. The zero-order valence-corrected chi connectivity index (χ0v) is 28.3. The minimum Gasteiger partial charge on any atom is -0.381 e. The summed E-state index contributed by atoms with van der Waals surface area (Å²) in [5.41, 5.74) is 5.19. The molecule has 5 heteroatoms. The summed E-state index contributed by atoms with van der Waals surface area (Å²) in [4.78, 5) is 28.3. The number of hydrogen-bond acceptors (Lipinski definition) is 4. The van der Waals surface area contributed by atoms with Gasteiger partial charge < -0.3 is 4.74 Å². The van der Waals surface area contributed by atoms with Crippen molar-refractivity contribution in [2.75, 3.05) is 13.2 Å². The van der Waals surface area contributed by atoms with Gasteiger partial charge in [-0.25, -0.2) is 0 Å². The van der Waals surface area contributed by atoms with Crippen molar-refractivity contribution in [2.45, 2.75) is 126 Å². The van der Waals surface area contributed by atoms with Crippen molar-refractivity contribution < 1.29 is 14.3 Å². The van der Waals surface area contributed by atoms with E-state index >= 15 is 0 Å². The molecule has 39 heavy (non-hydrogen) atoms. The van der Waals surface area contributed by atoms with Crippen LogP contribution < -0.4 is 0 Å². The van der Waals surface area contributed by atoms with Gasteiger partial charge in [-0.15, -0.1) is 11.3 Å². The summed E-state index contributed by atoms with van der Waals surface area (Å²) in [7, 11) is 0. The molecular weight excluding hydrogens is 568 g/mol. The molecule has 1 aliphatic heterocycles. The summed E-state index contributed by atoms with van der Waals surface area (Å²) in [6.45, 7) is 19.0. The maximum absolute atomic E-state index is 13.8. The molecule has 1 saturated heterocycles. The third-order valence-electron chi connectivity index (χ3n) is 8.59. The number of unbranched alkanes of at least 4 members (excludes halogenated alkanes) is 1. The molecule has 0 radical (unpaired) electrons. The van der Waals surface area contributed by atoms with Crippen molar-refractivity contribution in [1.82, 2.24) is 0 Å². The topological polar surface area (TPSA) is 43.4 Å². The number of Topliss-reactive ketones (excluding diaryl/α,β-unsaturated/α-hetero) is 2. The van der Waals surface area contributed by atoms with Gasteiger partial charge in [0.15, 0.2) is 11.6 Å². The van der Waals surface area contributed by atoms with E-state index in [4.69, 9.17) is 4.74 Å². The Morgan fingerprint density at radius 2 is 1.74 bits per heavy atom. The predicted molar refractivity (Wildman–Crippen MR) is 171 cm³/mol. The molecule has 3 atom stereocenters. The summed E-state index contributed by atoms with van der Waals surface area (Å²) in [5.74, 6) is 2.35. The van der Waals surface area contributed by atoms with Gasteiger partial charge in [0, 0.05) is 36.5 Å². The van der Waals surface area contributed by atoms with Crippen molar-refractivity contribution in [3.8, 4) is 0 Å². The maximum atomic E-state index is 13.8. The molecule has 0 saturated carbocycles. The van der Waals surface area contributed by atoms with Crippen molar-refractivity contribution in [1.29, 1.82) is 0 Å². The van der Waals surface area contributed by atoms with Crippen LogP contribution in [0.1, 0.15) is 139 Å². The summed E-state index contributed by atoms with van der Waals surface area (Å²) in [5, 5.41) is 0. The van der Waals surface area contributed by atoms with Crippen molar-refractivity contribution in [2.24, 2.45) is 17.8 Å². The minimum atomic E-state index is 0.153. The van der Waals surface area contributed by atoms with E-state index in [-0.39, 0.29) is 17.5 Å². The van der Waals surface area contributed by atoms with E-state index in [0.29, 0.717) is 37.0 Å². The molecule has 1 fully saturated rings. The summed E-state index contributed by atoms with van der Waals surface area (Å²) in [6.07, 6.45) is 11.3. The van der Waals surface area contributed by atoms with E-state index in [9.17, 15) is 9.59 Å². The molecule has 0 aliphatic carbocycles. The fourth-order valence-corrected chi connectivity index (χ4v) is 8.55. The summed E-state index contributed by atoms with van der Waals surface area (Å²) in [6, 6.07) is 0. The molecule has 1 aromatic rings. The zero-order chi connectivity index (χ0) is 29.1. The van der Waals surface area contributed by atoms with E-state index in [0.717, 1.165) is 71.4 Å². The van der Waals surface area contributed by atoms with Crippen LogP contribution >= 0.6 is 27.3 Å². The van der Waals surface area contributed by atoms with Crippen LogP contribution in [0.15, 0.2) is 26.6 Å².